The van der Waals surface area contributed by atoms with E-state index in [0.717, 1.165) is 5.75 Å². The minimum absolute atomic E-state index is 0.145. The fraction of sp³-hybridized carbons (Fsp3) is 0.526. The molecule has 1 fully saturated rings. The first-order valence-corrected chi connectivity index (χ1v) is 9.77. The van der Waals surface area contributed by atoms with Crippen molar-refractivity contribution in [2.24, 2.45) is 5.92 Å². The number of carbonyl (C=O) groups excluding carboxylic acids is 3. The first-order chi connectivity index (χ1) is 12.6. The zero-order valence-corrected chi connectivity index (χ0v) is 15.8. The second kappa shape index (κ2) is 10.9. The molecule has 1 aromatic rings. The van der Waals surface area contributed by atoms with Gasteiger partial charge in [-0.15, -0.1) is 11.8 Å². The minimum Gasteiger partial charge on any atom is -0.469 e. The number of piperidine rings is 1. The standard InChI is InChI=1S/C19H25NO5S/c1-24-19(23)15-9-11-20(12-10-15)17(21)14-25-18(22)8-5-13-26-16-6-3-2-4-7-16/h2-4,6-7,15H,5,8-14H2,1H3. The Morgan fingerprint density at radius 3 is 2.50 bits per heavy atom. The molecule has 1 aromatic carbocycles. The molecule has 7 heteroatoms. The van der Waals surface area contributed by atoms with Gasteiger partial charge in [-0.2, -0.15) is 0 Å². The molecule has 1 aliphatic heterocycles. The molecule has 0 radical (unpaired) electrons. The van der Waals surface area contributed by atoms with Gasteiger partial charge in [0.2, 0.25) is 0 Å². The number of benzene rings is 1. The summed E-state index contributed by atoms with van der Waals surface area (Å²) in [6, 6.07) is 10.00. The van der Waals surface area contributed by atoms with Crippen LogP contribution in [0.5, 0.6) is 0 Å². The van der Waals surface area contributed by atoms with E-state index in [9.17, 15) is 14.4 Å². The molecule has 0 unspecified atom stereocenters. The maximum absolute atomic E-state index is 12.1. The summed E-state index contributed by atoms with van der Waals surface area (Å²) >= 11 is 1.69. The lowest BCUT2D eigenvalue weighted by atomic mass is 9.97. The maximum atomic E-state index is 12.1. The summed E-state index contributed by atoms with van der Waals surface area (Å²) in [5.41, 5.74) is 0. The number of esters is 2. The Balaban J connectivity index is 1.57. The van der Waals surface area contributed by atoms with Crippen molar-refractivity contribution in [1.82, 2.24) is 4.90 Å². The maximum Gasteiger partial charge on any atom is 0.308 e. The quantitative estimate of drug-likeness (QED) is 0.393. The molecule has 1 heterocycles. The van der Waals surface area contributed by atoms with Gasteiger partial charge in [-0.1, -0.05) is 18.2 Å². The van der Waals surface area contributed by atoms with E-state index in [-0.39, 0.29) is 30.4 Å². The lowest BCUT2D eigenvalue weighted by Crippen LogP contribution is -2.42. The number of methoxy groups -OCH3 is 1. The van der Waals surface area contributed by atoms with Crippen molar-refractivity contribution in [3.05, 3.63) is 30.3 Å². The van der Waals surface area contributed by atoms with Crippen molar-refractivity contribution < 1.29 is 23.9 Å². The summed E-state index contributed by atoms with van der Waals surface area (Å²) in [6.45, 7) is 0.751. The molecule has 0 spiro atoms. The summed E-state index contributed by atoms with van der Waals surface area (Å²) in [7, 11) is 1.37. The number of carbonyl (C=O) groups is 3. The number of hydrogen-bond donors (Lipinski definition) is 0. The van der Waals surface area contributed by atoms with Crippen molar-refractivity contribution in [3.63, 3.8) is 0 Å². The predicted molar refractivity (Wildman–Crippen MR) is 98.7 cm³/mol. The average molecular weight is 379 g/mol. The molecule has 1 aliphatic rings. The highest BCUT2D eigenvalue weighted by molar-refractivity contribution is 7.99. The summed E-state index contributed by atoms with van der Waals surface area (Å²) in [5.74, 6) is -0.101. The van der Waals surface area contributed by atoms with E-state index in [1.54, 1.807) is 16.7 Å². The molecule has 1 amide bonds. The van der Waals surface area contributed by atoms with E-state index in [1.165, 1.54) is 12.0 Å². The van der Waals surface area contributed by atoms with E-state index in [1.807, 2.05) is 30.3 Å². The fourth-order valence-electron chi connectivity index (χ4n) is 2.76. The van der Waals surface area contributed by atoms with Crippen LogP contribution in [0, 0.1) is 5.92 Å². The Morgan fingerprint density at radius 2 is 1.85 bits per heavy atom. The van der Waals surface area contributed by atoms with Gasteiger partial charge in [-0.3, -0.25) is 14.4 Å². The summed E-state index contributed by atoms with van der Waals surface area (Å²) in [4.78, 5) is 38.1. The van der Waals surface area contributed by atoms with Gasteiger partial charge >= 0.3 is 11.9 Å². The van der Waals surface area contributed by atoms with Gasteiger partial charge < -0.3 is 14.4 Å². The first-order valence-electron chi connectivity index (χ1n) is 8.79. The third-order valence-electron chi connectivity index (χ3n) is 4.28. The molecule has 6 nitrogen and oxygen atoms in total. The SMILES string of the molecule is COC(=O)C1CCN(C(=O)COC(=O)CCCSc2ccccc2)CC1. The highest BCUT2D eigenvalue weighted by Crippen LogP contribution is 2.19. The summed E-state index contributed by atoms with van der Waals surface area (Å²) in [5, 5.41) is 0. The Hall–Kier alpha value is -2.02. The smallest absolute Gasteiger partial charge is 0.308 e. The molecule has 0 bridgehead atoms. The van der Waals surface area contributed by atoms with Gasteiger partial charge in [0.1, 0.15) is 0 Å². The average Bonchev–Trinajstić information content (AvgIpc) is 2.69. The third-order valence-corrected chi connectivity index (χ3v) is 5.37. The number of nitrogens with zero attached hydrogens (tertiary/aromatic N) is 1. The van der Waals surface area contributed by atoms with Crippen LogP contribution in [0.3, 0.4) is 0 Å². The predicted octanol–water partition coefficient (Wildman–Crippen LogP) is 2.51. The Kier molecular flexibility index (Phi) is 8.47. The highest BCUT2D eigenvalue weighted by Gasteiger charge is 2.28. The van der Waals surface area contributed by atoms with Gasteiger partial charge in [0.15, 0.2) is 6.61 Å². The zero-order chi connectivity index (χ0) is 18.8. The number of hydrogen-bond acceptors (Lipinski definition) is 6. The molecule has 1 saturated heterocycles. The number of ether oxygens (including phenoxy) is 2. The van der Waals surface area contributed by atoms with Crippen LogP contribution in [-0.2, 0) is 23.9 Å². The van der Waals surface area contributed by atoms with E-state index >= 15 is 0 Å². The van der Waals surface area contributed by atoms with Gasteiger partial charge in [-0.25, -0.2) is 0 Å². The summed E-state index contributed by atoms with van der Waals surface area (Å²) in [6.07, 6.45) is 2.18. The van der Waals surface area contributed by atoms with Crippen molar-refractivity contribution in [2.75, 3.05) is 32.6 Å². The lowest BCUT2D eigenvalue weighted by Gasteiger charge is -2.30. The van der Waals surface area contributed by atoms with Crippen LogP contribution in [-0.4, -0.2) is 55.3 Å². The van der Waals surface area contributed by atoms with Gasteiger partial charge in [0.25, 0.3) is 5.91 Å². The molecule has 2 rings (SSSR count). The van der Waals surface area contributed by atoms with E-state index in [4.69, 9.17) is 9.47 Å². The Morgan fingerprint density at radius 1 is 1.15 bits per heavy atom. The molecule has 0 atom stereocenters. The van der Waals surface area contributed by atoms with Crippen molar-refractivity contribution in [1.29, 1.82) is 0 Å². The van der Waals surface area contributed by atoms with Crippen LogP contribution < -0.4 is 0 Å². The molecule has 142 valence electrons. The fourth-order valence-corrected chi connectivity index (χ4v) is 3.63. The van der Waals surface area contributed by atoms with E-state index in [2.05, 4.69) is 0 Å². The minimum atomic E-state index is -0.351. The Labute approximate surface area is 158 Å². The number of rotatable bonds is 8. The van der Waals surface area contributed by atoms with Gasteiger partial charge in [0, 0.05) is 24.4 Å². The molecule has 0 aliphatic carbocycles. The van der Waals surface area contributed by atoms with Crippen LogP contribution in [0.1, 0.15) is 25.7 Å². The number of thioether (sulfide) groups is 1. The van der Waals surface area contributed by atoms with E-state index in [0.29, 0.717) is 38.8 Å². The van der Waals surface area contributed by atoms with Crippen molar-refractivity contribution in [2.45, 2.75) is 30.6 Å². The molecular weight excluding hydrogens is 354 g/mol. The molecule has 26 heavy (non-hydrogen) atoms. The van der Waals surface area contributed by atoms with Gasteiger partial charge in [0.05, 0.1) is 13.0 Å². The van der Waals surface area contributed by atoms with Crippen molar-refractivity contribution in [3.8, 4) is 0 Å². The van der Waals surface area contributed by atoms with Crippen LogP contribution >= 0.6 is 11.8 Å². The van der Waals surface area contributed by atoms with Crippen molar-refractivity contribution >= 4 is 29.6 Å². The number of amides is 1. The summed E-state index contributed by atoms with van der Waals surface area (Å²) < 4.78 is 9.80. The van der Waals surface area contributed by atoms with Gasteiger partial charge in [-0.05, 0) is 37.1 Å². The lowest BCUT2D eigenvalue weighted by molar-refractivity contribution is -0.154. The largest absolute Gasteiger partial charge is 0.469 e. The second-order valence-corrected chi connectivity index (χ2v) is 7.27. The van der Waals surface area contributed by atoms with Crippen LogP contribution in [0.4, 0.5) is 0 Å². The second-order valence-electron chi connectivity index (χ2n) is 6.10. The highest BCUT2D eigenvalue weighted by atomic mass is 32.2. The van der Waals surface area contributed by atoms with Crippen LogP contribution in [0.15, 0.2) is 35.2 Å². The zero-order valence-electron chi connectivity index (χ0n) is 15.0. The molecule has 0 saturated carbocycles. The van der Waals surface area contributed by atoms with Crippen LogP contribution in [0.2, 0.25) is 0 Å². The monoisotopic (exact) mass is 379 g/mol. The van der Waals surface area contributed by atoms with E-state index < -0.39 is 0 Å². The molecule has 0 N–H and O–H groups in total. The number of likely N-dealkylation sites (tertiary alicyclic amines) is 1. The molecular formula is C19H25NO5S. The molecule has 0 aromatic heterocycles. The topological polar surface area (TPSA) is 72.9 Å². The first kappa shape index (κ1) is 20.3. The third kappa shape index (κ3) is 6.71. The Bertz CT molecular complexity index is 599. The normalized spacial score (nSPS) is 14.7. The van der Waals surface area contributed by atoms with Crippen LogP contribution in [0.25, 0.3) is 0 Å².